The van der Waals surface area contributed by atoms with Crippen molar-refractivity contribution in [3.8, 4) is 0 Å². The molecule has 3 heteroatoms. The van der Waals surface area contributed by atoms with E-state index >= 15 is 0 Å². The Morgan fingerprint density at radius 3 is 2.92 bits per heavy atom. The van der Waals surface area contributed by atoms with Gasteiger partial charge in [0.2, 0.25) is 0 Å². The van der Waals surface area contributed by atoms with Gasteiger partial charge < -0.3 is 0 Å². The van der Waals surface area contributed by atoms with Crippen molar-refractivity contribution in [2.24, 2.45) is 0 Å². The van der Waals surface area contributed by atoms with E-state index in [0.717, 1.165) is 9.13 Å². The van der Waals surface area contributed by atoms with Gasteiger partial charge in [-0.05, 0) is 52.8 Å². The fourth-order valence-electron chi connectivity index (χ4n) is 0.921. The molecule has 0 N–H and O–H groups in total. The highest BCUT2D eigenvalue weighted by molar-refractivity contribution is 14.1. The molecule has 0 saturated heterocycles. The van der Waals surface area contributed by atoms with Gasteiger partial charge in [-0.1, -0.05) is 0 Å². The van der Waals surface area contributed by atoms with Gasteiger partial charge in [-0.15, -0.1) is 0 Å². The summed E-state index contributed by atoms with van der Waals surface area (Å²) in [7, 11) is 0. The molecule has 1 aromatic rings. The minimum Gasteiger partial charge on any atom is -0.291 e. The Bertz CT molecular complexity index is 286. The SMILES string of the molecule is O=[C]CCc1cc(F)ccc1I. The first-order valence-corrected chi connectivity index (χ1v) is 4.61. The van der Waals surface area contributed by atoms with Gasteiger partial charge in [-0.2, -0.15) is 0 Å². The molecule has 0 atom stereocenters. The first-order valence-electron chi connectivity index (χ1n) is 3.53. The molecule has 63 valence electrons. The largest absolute Gasteiger partial charge is 0.291 e. The molecule has 1 rings (SSSR count). The molecule has 0 aliphatic heterocycles. The van der Waals surface area contributed by atoms with Gasteiger partial charge in [0.25, 0.3) is 0 Å². The lowest BCUT2D eigenvalue weighted by Gasteiger charge is -2.00. The normalized spacial score (nSPS) is 9.83. The van der Waals surface area contributed by atoms with Crippen LogP contribution in [0.1, 0.15) is 12.0 Å². The molecule has 1 radical (unpaired) electrons. The second-order valence-corrected chi connectivity index (χ2v) is 3.54. The minimum absolute atomic E-state index is 0.253. The maximum Gasteiger partial charge on any atom is 0.198 e. The van der Waals surface area contributed by atoms with Crippen LogP contribution in [0, 0.1) is 9.39 Å². The molecule has 0 aliphatic rings. The fraction of sp³-hybridized carbons (Fsp3) is 0.222. The monoisotopic (exact) mass is 277 g/mol. The van der Waals surface area contributed by atoms with Crippen LogP contribution in [0.5, 0.6) is 0 Å². The molecular weight excluding hydrogens is 270 g/mol. The lowest BCUT2D eigenvalue weighted by Crippen LogP contribution is -1.91. The average molecular weight is 277 g/mol. The van der Waals surface area contributed by atoms with Gasteiger partial charge in [0.1, 0.15) is 5.82 Å². The van der Waals surface area contributed by atoms with E-state index in [9.17, 15) is 9.18 Å². The molecule has 0 amide bonds. The predicted octanol–water partition coefficient (Wildman–Crippen LogP) is 2.47. The molecule has 0 aromatic heterocycles. The Morgan fingerprint density at radius 1 is 1.50 bits per heavy atom. The van der Waals surface area contributed by atoms with Crippen LogP contribution in [-0.4, -0.2) is 6.29 Å². The summed E-state index contributed by atoms with van der Waals surface area (Å²) in [4.78, 5) is 9.95. The summed E-state index contributed by atoms with van der Waals surface area (Å²) in [5.41, 5.74) is 0.874. The number of halogens is 2. The first-order chi connectivity index (χ1) is 5.74. The van der Waals surface area contributed by atoms with Crippen molar-refractivity contribution in [1.82, 2.24) is 0 Å². The van der Waals surface area contributed by atoms with E-state index in [1.165, 1.54) is 12.1 Å². The van der Waals surface area contributed by atoms with Crippen molar-refractivity contribution >= 4 is 28.9 Å². The van der Waals surface area contributed by atoms with Crippen LogP contribution in [0.3, 0.4) is 0 Å². The fourth-order valence-corrected chi connectivity index (χ4v) is 1.53. The van der Waals surface area contributed by atoms with Crippen LogP contribution < -0.4 is 0 Å². The molecule has 0 fully saturated rings. The number of aryl methyl sites for hydroxylation is 1. The Morgan fingerprint density at radius 2 is 2.25 bits per heavy atom. The Kier molecular flexibility index (Phi) is 3.65. The third kappa shape index (κ3) is 2.55. The standard InChI is InChI=1S/C9H7FIO/c10-8-3-4-9(11)7(6-8)2-1-5-12/h3-4,6H,1-2H2. The molecule has 1 aromatic carbocycles. The zero-order chi connectivity index (χ0) is 8.97. The number of carbonyl (C=O) groups excluding carboxylic acids is 1. The molecular formula is C9H7FIO. The van der Waals surface area contributed by atoms with Crippen molar-refractivity contribution in [2.45, 2.75) is 12.8 Å². The highest BCUT2D eigenvalue weighted by atomic mass is 127. The van der Waals surface area contributed by atoms with Gasteiger partial charge >= 0.3 is 0 Å². The summed E-state index contributed by atoms with van der Waals surface area (Å²) >= 11 is 2.12. The van der Waals surface area contributed by atoms with Crippen LogP contribution in [0.25, 0.3) is 0 Å². The van der Waals surface area contributed by atoms with E-state index in [1.807, 2.05) is 0 Å². The lowest BCUT2D eigenvalue weighted by atomic mass is 10.1. The minimum atomic E-state index is -0.253. The number of rotatable bonds is 3. The quantitative estimate of drug-likeness (QED) is 0.776. The van der Waals surface area contributed by atoms with Gasteiger partial charge in [0.05, 0.1) is 0 Å². The highest BCUT2D eigenvalue weighted by Gasteiger charge is 2.00. The van der Waals surface area contributed by atoms with Gasteiger partial charge in [-0.3, -0.25) is 4.79 Å². The molecule has 0 aliphatic carbocycles. The van der Waals surface area contributed by atoms with Crippen molar-refractivity contribution in [2.75, 3.05) is 0 Å². The van der Waals surface area contributed by atoms with Gasteiger partial charge in [-0.25, -0.2) is 4.39 Å². The number of hydrogen-bond acceptors (Lipinski definition) is 1. The zero-order valence-electron chi connectivity index (χ0n) is 6.31. The summed E-state index contributed by atoms with van der Waals surface area (Å²) in [6.07, 6.45) is 2.69. The van der Waals surface area contributed by atoms with E-state index in [2.05, 4.69) is 22.6 Å². The van der Waals surface area contributed by atoms with Crippen LogP contribution in [0.15, 0.2) is 18.2 Å². The summed E-state index contributed by atoms with van der Waals surface area (Å²) in [6, 6.07) is 4.57. The van der Waals surface area contributed by atoms with E-state index in [1.54, 1.807) is 12.4 Å². The molecule has 1 nitrogen and oxygen atoms in total. The van der Waals surface area contributed by atoms with Gasteiger partial charge in [0, 0.05) is 9.99 Å². The molecule has 0 heterocycles. The molecule has 0 spiro atoms. The van der Waals surface area contributed by atoms with Crippen molar-refractivity contribution in [3.05, 3.63) is 33.1 Å². The maximum atomic E-state index is 12.7. The predicted molar refractivity (Wildman–Crippen MR) is 53.1 cm³/mol. The Balaban J connectivity index is 2.82. The molecule has 0 unspecified atom stereocenters. The zero-order valence-corrected chi connectivity index (χ0v) is 8.47. The molecule has 12 heavy (non-hydrogen) atoms. The average Bonchev–Trinajstić information content (AvgIpc) is 2.07. The van der Waals surface area contributed by atoms with E-state index in [4.69, 9.17) is 0 Å². The summed E-state index contributed by atoms with van der Waals surface area (Å²) in [5.74, 6) is -0.253. The second-order valence-electron chi connectivity index (χ2n) is 2.38. The van der Waals surface area contributed by atoms with Gasteiger partial charge in [0.15, 0.2) is 6.29 Å². The molecule has 0 saturated carbocycles. The summed E-state index contributed by atoms with van der Waals surface area (Å²) in [6.45, 7) is 0. The van der Waals surface area contributed by atoms with Crippen molar-refractivity contribution in [1.29, 1.82) is 0 Å². The van der Waals surface area contributed by atoms with Crippen LogP contribution in [0.4, 0.5) is 4.39 Å². The summed E-state index contributed by atoms with van der Waals surface area (Å²) in [5, 5.41) is 0. The van der Waals surface area contributed by atoms with Crippen molar-refractivity contribution < 1.29 is 9.18 Å². The van der Waals surface area contributed by atoms with Crippen LogP contribution in [-0.2, 0) is 11.2 Å². The Hall–Kier alpha value is -0.450. The molecule has 0 bridgehead atoms. The topological polar surface area (TPSA) is 17.1 Å². The lowest BCUT2D eigenvalue weighted by molar-refractivity contribution is 0.551. The van der Waals surface area contributed by atoms with Crippen LogP contribution in [0.2, 0.25) is 0 Å². The highest BCUT2D eigenvalue weighted by Crippen LogP contribution is 2.14. The number of hydrogen-bond donors (Lipinski definition) is 0. The smallest absolute Gasteiger partial charge is 0.198 e. The van der Waals surface area contributed by atoms with Crippen LogP contribution >= 0.6 is 22.6 Å². The number of benzene rings is 1. The van der Waals surface area contributed by atoms with E-state index in [-0.39, 0.29) is 5.82 Å². The Labute approximate surface area is 84.1 Å². The summed E-state index contributed by atoms with van der Waals surface area (Å²) < 4.78 is 13.7. The third-order valence-electron chi connectivity index (χ3n) is 1.50. The third-order valence-corrected chi connectivity index (χ3v) is 2.56. The second kappa shape index (κ2) is 4.54. The first kappa shape index (κ1) is 9.64. The van der Waals surface area contributed by atoms with E-state index in [0.29, 0.717) is 12.8 Å². The maximum absolute atomic E-state index is 12.7. The van der Waals surface area contributed by atoms with E-state index < -0.39 is 0 Å². The van der Waals surface area contributed by atoms with Crippen molar-refractivity contribution in [3.63, 3.8) is 0 Å².